The van der Waals surface area contributed by atoms with E-state index in [1.807, 2.05) is 0 Å². The van der Waals surface area contributed by atoms with Crippen molar-refractivity contribution in [1.82, 2.24) is 5.32 Å². The van der Waals surface area contributed by atoms with Gasteiger partial charge in [0.2, 0.25) is 0 Å². The predicted molar refractivity (Wildman–Crippen MR) is 55.7 cm³/mol. The van der Waals surface area contributed by atoms with Gasteiger partial charge < -0.3 is 15.8 Å². The zero-order valence-electron chi connectivity index (χ0n) is 8.42. The monoisotopic (exact) mass is 198 g/mol. The average molecular weight is 198 g/mol. The summed E-state index contributed by atoms with van der Waals surface area (Å²) in [5.74, 6) is 2.22. The maximum atomic E-state index is 10.8. The van der Waals surface area contributed by atoms with E-state index in [1.54, 1.807) is 0 Å². The number of nitrogens with one attached hydrogen (secondary N) is 1. The lowest BCUT2D eigenvalue weighted by Crippen LogP contribution is -2.25. The topological polar surface area (TPSA) is 64.3 Å². The van der Waals surface area contributed by atoms with Crippen LogP contribution in [0.3, 0.4) is 0 Å². The summed E-state index contributed by atoms with van der Waals surface area (Å²) in [6.45, 7) is 1.39. The van der Waals surface area contributed by atoms with E-state index < -0.39 is 6.09 Å². The van der Waals surface area contributed by atoms with Crippen molar-refractivity contribution >= 4 is 6.09 Å². The Labute approximate surface area is 85.2 Å². The third-order valence-electron chi connectivity index (χ3n) is 1.69. The first-order valence-corrected chi connectivity index (χ1v) is 4.85. The summed E-state index contributed by atoms with van der Waals surface area (Å²) < 4.78 is 4.61. The van der Waals surface area contributed by atoms with Gasteiger partial charge in [0, 0.05) is 6.54 Å². The lowest BCUT2D eigenvalue weighted by Gasteiger charge is -2.03. The summed E-state index contributed by atoms with van der Waals surface area (Å²) in [5, 5.41) is 2.61. The van der Waals surface area contributed by atoms with Crippen LogP contribution in [-0.4, -0.2) is 25.8 Å². The molecule has 0 radical (unpaired) electrons. The number of alkyl carbamates (subject to hydrolysis) is 1. The van der Waals surface area contributed by atoms with Gasteiger partial charge in [-0.3, -0.25) is 0 Å². The summed E-state index contributed by atoms with van der Waals surface area (Å²) in [6, 6.07) is 0. The highest BCUT2D eigenvalue weighted by Crippen LogP contribution is 1.96. The second-order valence-corrected chi connectivity index (χ2v) is 2.91. The standard InChI is InChI=1S/C10H18N2O2/c1-2-9-14-10(13)12-8-6-4-3-5-7-11/h1H,3-9,11H2,(H,12,13). The van der Waals surface area contributed by atoms with Crippen molar-refractivity contribution < 1.29 is 9.53 Å². The van der Waals surface area contributed by atoms with Gasteiger partial charge in [-0.15, -0.1) is 6.42 Å². The summed E-state index contributed by atoms with van der Waals surface area (Å²) >= 11 is 0. The van der Waals surface area contributed by atoms with Crippen LogP contribution >= 0.6 is 0 Å². The van der Waals surface area contributed by atoms with Crippen molar-refractivity contribution in [2.45, 2.75) is 25.7 Å². The van der Waals surface area contributed by atoms with Crippen molar-refractivity contribution in [3.63, 3.8) is 0 Å². The number of amides is 1. The fraction of sp³-hybridized carbons (Fsp3) is 0.700. The first-order valence-electron chi connectivity index (χ1n) is 4.85. The first kappa shape index (κ1) is 12.8. The second-order valence-electron chi connectivity index (χ2n) is 2.91. The maximum Gasteiger partial charge on any atom is 0.408 e. The molecule has 0 aromatic heterocycles. The number of nitrogens with two attached hydrogens (primary N) is 1. The number of carbonyl (C=O) groups excluding carboxylic acids is 1. The average Bonchev–Trinajstić information content (AvgIpc) is 2.20. The molecule has 0 heterocycles. The molecule has 0 unspecified atom stereocenters. The van der Waals surface area contributed by atoms with Crippen LogP contribution in [0.2, 0.25) is 0 Å². The number of rotatable bonds is 7. The summed E-state index contributed by atoms with van der Waals surface area (Å²) in [4.78, 5) is 10.8. The summed E-state index contributed by atoms with van der Waals surface area (Å²) in [6.07, 6.45) is 8.65. The molecule has 0 aliphatic carbocycles. The maximum absolute atomic E-state index is 10.8. The quantitative estimate of drug-likeness (QED) is 0.471. The van der Waals surface area contributed by atoms with E-state index in [0.717, 1.165) is 32.2 Å². The van der Waals surface area contributed by atoms with Crippen molar-refractivity contribution in [2.75, 3.05) is 19.7 Å². The summed E-state index contributed by atoms with van der Waals surface area (Å²) in [5.41, 5.74) is 5.34. The Bertz CT molecular complexity index is 187. The van der Waals surface area contributed by atoms with Gasteiger partial charge in [0.1, 0.15) is 0 Å². The molecule has 3 N–H and O–H groups in total. The molecule has 0 rings (SSSR count). The molecule has 0 spiro atoms. The van der Waals surface area contributed by atoms with Crippen molar-refractivity contribution in [2.24, 2.45) is 5.73 Å². The molecule has 0 bridgehead atoms. The second kappa shape index (κ2) is 9.87. The number of carbonyl (C=O) groups is 1. The van der Waals surface area contributed by atoms with Crippen LogP contribution in [0.4, 0.5) is 4.79 Å². The van der Waals surface area contributed by atoms with Gasteiger partial charge >= 0.3 is 6.09 Å². The third-order valence-corrected chi connectivity index (χ3v) is 1.69. The Balaban J connectivity index is 3.11. The van der Waals surface area contributed by atoms with Gasteiger partial charge in [0.05, 0.1) is 0 Å². The van der Waals surface area contributed by atoms with Gasteiger partial charge in [-0.25, -0.2) is 4.79 Å². The van der Waals surface area contributed by atoms with E-state index in [4.69, 9.17) is 12.2 Å². The molecular weight excluding hydrogens is 180 g/mol. The largest absolute Gasteiger partial charge is 0.436 e. The molecule has 4 nitrogen and oxygen atoms in total. The van der Waals surface area contributed by atoms with Crippen LogP contribution in [0.25, 0.3) is 0 Å². The van der Waals surface area contributed by atoms with Gasteiger partial charge in [0.25, 0.3) is 0 Å². The molecule has 0 aliphatic heterocycles. The number of hydrogen-bond acceptors (Lipinski definition) is 3. The first-order chi connectivity index (χ1) is 6.81. The molecule has 0 aromatic rings. The number of ether oxygens (including phenoxy) is 1. The van der Waals surface area contributed by atoms with E-state index in [-0.39, 0.29) is 6.61 Å². The Morgan fingerprint density at radius 2 is 2.07 bits per heavy atom. The predicted octanol–water partition coefficient (Wildman–Crippen LogP) is 0.865. The molecule has 0 saturated carbocycles. The molecule has 0 fully saturated rings. The Morgan fingerprint density at radius 3 is 2.71 bits per heavy atom. The van der Waals surface area contributed by atoms with Crippen LogP contribution in [0.5, 0.6) is 0 Å². The molecule has 80 valence electrons. The molecule has 0 saturated heterocycles. The molecule has 0 atom stereocenters. The fourth-order valence-corrected chi connectivity index (χ4v) is 0.972. The van der Waals surface area contributed by atoms with Gasteiger partial charge in [-0.05, 0) is 19.4 Å². The zero-order chi connectivity index (χ0) is 10.6. The zero-order valence-corrected chi connectivity index (χ0v) is 8.42. The lowest BCUT2D eigenvalue weighted by molar-refractivity contribution is 0.160. The number of unbranched alkanes of at least 4 members (excludes halogenated alkanes) is 3. The van der Waals surface area contributed by atoms with E-state index in [1.165, 1.54) is 0 Å². The highest BCUT2D eigenvalue weighted by molar-refractivity contribution is 5.67. The SMILES string of the molecule is C#CCOC(=O)NCCCCCCN. The normalized spacial score (nSPS) is 9.14. The summed E-state index contributed by atoms with van der Waals surface area (Å²) in [7, 11) is 0. The highest BCUT2D eigenvalue weighted by atomic mass is 16.5. The van der Waals surface area contributed by atoms with Crippen LogP contribution in [0.1, 0.15) is 25.7 Å². The fourth-order valence-electron chi connectivity index (χ4n) is 0.972. The third kappa shape index (κ3) is 8.88. The smallest absolute Gasteiger partial charge is 0.408 e. The van der Waals surface area contributed by atoms with Crippen molar-refractivity contribution in [1.29, 1.82) is 0 Å². The van der Waals surface area contributed by atoms with E-state index >= 15 is 0 Å². The molecule has 4 heteroatoms. The molecule has 0 aromatic carbocycles. The van der Waals surface area contributed by atoms with E-state index in [2.05, 4.69) is 16.0 Å². The Hall–Kier alpha value is -1.21. The molecular formula is C10H18N2O2. The minimum absolute atomic E-state index is 0.0268. The van der Waals surface area contributed by atoms with Crippen molar-refractivity contribution in [3.8, 4) is 12.3 Å². The lowest BCUT2D eigenvalue weighted by atomic mass is 10.2. The number of hydrogen-bond donors (Lipinski definition) is 2. The van der Waals surface area contributed by atoms with Crippen LogP contribution in [-0.2, 0) is 4.74 Å². The van der Waals surface area contributed by atoms with Crippen LogP contribution < -0.4 is 11.1 Å². The van der Waals surface area contributed by atoms with E-state index in [9.17, 15) is 4.79 Å². The molecule has 0 aliphatic rings. The Kier molecular flexibility index (Phi) is 9.02. The van der Waals surface area contributed by atoms with Crippen LogP contribution in [0.15, 0.2) is 0 Å². The Morgan fingerprint density at radius 1 is 1.36 bits per heavy atom. The number of terminal acetylenes is 1. The van der Waals surface area contributed by atoms with Gasteiger partial charge in [0.15, 0.2) is 6.61 Å². The molecule has 14 heavy (non-hydrogen) atoms. The molecule has 1 amide bonds. The van der Waals surface area contributed by atoms with Crippen molar-refractivity contribution in [3.05, 3.63) is 0 Å². The van der Waals surface area contributed by atoms with Gasteiger partial charge in [-0.2, -0.15) is 0 Å². The minimum atomic E-state index is -0.443. The van der Waals surface area contributed by atoms with Gasteiger partial charge in [-0.1, -0.05) is 18.8 Å². The van der Waals surface area contributed by atoms with Crippen LogP contribution in [0, 0.1) is 12.3 Å². The van der Waals surface area contributed by atoms with E-state index in [0.29, 0.717) is 6.54 Å². The highest BCUT2D eigenvalue weighted by Gasteiger charge is 1.98. The minimum Gasteiger partial charge on any atom is -0.436 e.